The number of rotatable bonds is 4. The Kier molecular flexibility index (Phi) is 4.98. The van der Waals surface area contributed by atoms with Crippen molar-refractivity contribution >= 4 is 22.5 Å². The number of benzene rings is 1. The lowest BCUT2D eigenvalue weighted by Crippen LogP contribution is -2.31. The van der Waals surface area contributed by atoms with Crippen molar-refractivity contribution in [2.24, 2.45) is 5.92 Å². The van der Waals surface area contributed by atoms with Crippen LogP contribution >= 0.6 is 0 Å². The molecule has 3 fully saturated rings. The van der Waals surface area contributed by atoms with Crippen LogP contribution in [0.2, 0.25) is 0 Å². The number of aromatic nitrogens is 1. The number of nitrogens with zero attached hydrogens (tertiary/aromatic N) is 1. The molecule has 1 spiro atoms. The number of amides is 1. The summed E-state index contributed by atoms with van der Waals surface area (Å²) in [6.07, 6.45) is 5.19. The largest absolute Gasteiger partial charge is 0.398 e. The summed E-state index contributed by atoms with van der Waals surface area (Å²) in [4.78, 5) is 17.8. The Morgan fingerprint density at radius 1 is 1.19 bits per heavy atom. The highest BCUT2D eigenvalue weighted by molar-refractivity contribution is 6.00. The van der Waals surface area contributed by atoms with Crippen molar-refractivity contribution in [3.63, 3.8) is 0 Å². The Balaban J connectivity index is 1.38. The van der Waals surface area contributed by atoms with Crippen LogP contribution in [0.1, 0.15) is 80.4 Å². The molecule has 0 unspecified atom stereocenters. The molecule has 166 valence electrons. The minimum atomic E-state index is -0.415. The molecule has 5 rings (SSSR count). The van der Waals surface area contributed by atoms with E-state index in [0.29, 0.717) is 43.0 Å². The Labute approximate surface area is 183 Å². The van der Waals surface area contributed by atoms with Gasteiger partial charge >= 0.3 is 0 Å². The third-order valence-corrected chi connectivity index (χ3v) is 6.96. The quantitative estimate of drug-likeness (QED) is 0.767. The second-order valence-electron chi connectivity index (χ2n) is 10.5. The number of nitrogens with one attached hydrogen (secondary N) is 1. The van der Waals surface area contributed by atoms with E-state index < -0.39 is 5.79 Å². The smallest absolute Gasteiger partial charge is 0.269 e. The molecular weight excluding hydrogens is 390 g/mol. The Hall–Kier alpha value is -2.18. The number of hydrogen-bond acceptors (Lipinski definition) is 5. The zero-order chi connectivity index (χ0) is 21.8. The molecule has 2 aromatic rings. The van der Waals surface area contributed by atoms with Crippen LogP contribution in [0.3, 0.4) is 0 Å². The number of fused-ring (bicyclic) bond motifs is 1. The minimum absolute atomic E-state index is 0.0862. The third-order valence-electron chi connectivity index (χ3n) is 6.96. The lowest BCUT2D eigenvalue weighted by molar-refractivity contribution is -0.152. The number of hydrogen-bond donors (Lipinski definition) is 2. The molecule has 1 aliphatic heterocycles. The predicted molar refractivity (Wildman–Crippen MR) is 121 cm³/mol. The Bertz CT molecular complexity index is 1020. The van der Waals surface area contributed by atoms with E-state index in [4.69, 9.17) is 20.2 Å². The Morgan fingerprint density at radius 3 is 2.61 bits per heavy atom. The van der Waals surface area contributed by atoms with Crippen LogP contribution < -0.4 is 11.1 Å². The standard InChI is InChI=1S/C25H33N3O3/c1-24(2,3)19-11-17(16-4-5-16)10-18-20(26)12-21(28-22(18)19)23(29)27-14-15-6-7-25(13-15)30-8-9-31-25/h10-12,15-16H,4-9,13-14H2,1-3H3,(H2,26,28)(H,27,29)/t15-/m0/s1. The molecule has 3 aliphatic rings. The lowest BCUT2D eigenvalue weighted by atomic mass is 9.83. The van der Waals surface area contributed by atoms with Crippen molar-refractivity contribution in [1.82, 2.24) is 10.3 Å². The zero-order valence-corrected chi connectivity index (χ0v) is 18.8. The van der Waals surface area contributed by atoms with Crippen molar-refractivity contribution < 1.29 is 14.3 Å². The number of anilines is 1. The normalized spacial score (nSPS) is 23.0. The number of nitrogen functional groups attached to an aromatic ring is 1. The van der Waals surface area contributed by atoms with Crippen molar-refractivity contribution in [2.75, 3.05) is 25.5 Å². The van der Waals surface area contributed by atoms with Crippen molar-refractivity contribution in [3.8, 4) is 0 Å². The average molecular weight is 424 g/mol. The van der Waals surface area contributed by atoms with Crippen molar-refractivity contribution in [2.45, 2.75) is 70.0 Å². The highest BCUT2D eigenvalue weighted by Crippen LogP contribution is 2.44. The number of pyridine rings is 1. The predicted octanol–water partition coefficient (Wildman–Crippen LogP) is 4.26. The second kappa shape index (κ2) is 7.45. The van der Waals surface area contributed by atoms with E-state index in [1.165, 1.54) is 18.4 Å². The minimum Gasteiger partial charge on any atom is -0.398 e. The van der Waals surface area contributed by atoms with Crippen LogP contribution in [-0.2, 0) is 14.9 Å². The van der Waals surface area contributed by atoms with Gasteiger partial charge in [-0.25, -0.2) is 4.98 Å². The van der Waals surface area contributed by atoms with E-state index in [1.807, 2.05) is 0 Å². The lowest BCUT2D eigenvalue weighted by Gasteiger charge is -2.23. The fourth-order valence-corrected chi connectivity index (χ4v) is 5.04. The number of carbonyl (C=O) groups excluding carboxylic acids is 1. The second-order valence-corrected chi connectivity index (χ2v) is 10.5. The fraction of sp³-hybridized carbons (Fsp3) is 0.600. The molecule has 0 radical (unpaired) electrons. The molecule has 1 atom stereocenters. The summed E-state index contributed by atoms with van der Waals surface area (Å²) in [6.45, 7) is 8.49. The van der Waals surface area contributed by atoms with E-state index >= 15 is 0 Å². The van der Waals surface area contributed by atoms with Gasteiger partial charge < -0.3 is 20.5 Å². The molecule has 2 saturated carbocycles. The molecule has 1 aromatic carbocycles. The highest BCUT2D eigenvalue weighted by atomic mass is 16.7. The topological polar surface area (TPSA) is 86.5 Å². The van der Waals surface area contributed by atoms with Gasteiger partial charge in [-0.2, -0.15) is 0 Å². The average Bonchev–Trinajstić information content (AvgIpc) is 3.36. The molecule has 6 nitrogen and oxygen atoms in total. The van der Waals surface area contributed by atoms with E-state index in [1.54, 1.807) is 6.07 Å². The van der Waals surface area contributed by atoms with Crippen molar-refractivity contribution in [3.05, 3.63) is 35.0 Å². The fourth-order valence-electron chi connectivity index (χ4n) is 5.04. The summed E-state index contributed by atoms with van der Waals surface area (Å²) in [7, 11) is 0. The summed E-state index contributed by atoms with van der Waals surface area (Å²) in [6, 6.07) is 6.17. The van der Waals surface area contributed by atoms with Crippen LogP contribution in [0.4, 0.5) is 5.69 Å². The van der Waals surface area contributed by atoms with Gasteiger partial charge in [0, 0.05) is 30.5 Å². The van der Waals surface area contributed by atoms with Gasteiger partial charge in [0.1, 0.15) is 5.69 Å². The maximum Gasteiger partial charge on any atom is 0.269 e. The van der Waals surface area contributed by atoms with Crippen LogP contribution in [0.15, 0.2) is 18.2 Å². The summed E-state index contributed by atoms with van der Waals surface area (Å²) in [5.74, 6) is 0.400. The van der Waals surface area contributed by atoms with Crippen LogP contribution in [-0.4, -0.2) is 36.4 Å². The number of carbonyl (C=O) groups is 1. The first-order valence-corrected chi connectivity index (χ1v) is 11.5. The zero-order valence-electron chi connectivity index (χ0n) is 18.8. The first kappa shape index (κ1) is 20.7. The molecule has 1 amide bonds. The van der Waals surface area contributed by atoms with Gasteiger partial charge in [-0.1, -0.05) is 26.8 Å². The van der Waals surface area contributed by atoms with Crippen LogP contribution in [0.5, 0.6) is 0 Å². The molecule has 2 heterocycles. The molecule has 0 bridgehead atoms. The molecule has 2 aliphatic carbocycles. The van der Waals surface area contributed by atoms with E-state index in [0.717, 1.165) is 35.7 Å². The summed E-state index contributed by atoms with van der Waals surface area (Å²) in [5.41, 5.74) is 10.7. The van der Waals surface area contributed by atoms with Crippen LogP contribution in [0, 0.1) is 5.92 Å². The monoisotopic (exact) mass is 423 g/mol. The van der Waals surface area contributed by atoms with Gasteiger partial charge in [-0.05, 0) is 59.8 Å². The number of nitrogens with two attached hydrogens (primary N) is 1. The summed E-state index contributed by atoms with van der Waals surface area (Å²) < 4.78 is 11.6. The summed E-state index contributed by atoms with van der Waals surface area (Å²) >= 11 is 0. The van der Waals surface area contributed by atoms with Gasteiger partial charge in [-0.3, -0.25) is 4.79 Å². The van der Waals surface area contributed by atoms with E-state index in [2.05, 4.69) is 38.2 Å². The van der Waals surface area contributed by atoms with Gasteiger partial charge in [0.25, 0.3) is 5.91 Å². The molecule has 31 heavy (non-hydrogen) atoms. The molecule has 1 saturated heterocycles. The maximum absolute atomic E-state index is 13.0. The third kappa shape index (κ3) is 4.03. The van der Waals surface area contributed by atoms with Crippen LogP contribution in [0.25, 0.3) is 10.9 Å². The van der Waals surface area contributed by atoms with Gasteiger partial charge in [-0.15, -0.1) is 0 Å². The Morgan fingerprint density at radius 2 is 1.94 bits per heavy atom. The highest BCUT2D eigenvalue weighted by Gasteiger charge is 2.44. The maximum atomic E-state index is 13.0. The first-order valence-electron chi connectivity index (χ1n) is 11.5. The van der Waals surface area contributed by atoms with E-state index in [-0.39, 0.29) is 11.3 Å². The van der Waals surface area contributed by atoms with Gasteiger partial charge in [0.2, 0.25) is 0 Å². The molecule has 6 heteroatoms. The SMILES string of the molecule is CC(C)(C)c1cc(C2CC2)cc2c(N)cc(C(=O)NC[C@H]3CCC4(C3)OCCO4)nc12. The van der Waals surface area contributed by atoms with E-state index in [9.17, 15) is 4.79 Å². The van der Waals surface area contributed by atoms with Gasteiger partial charge in [0.15, 0.2) is 5.79 Å². The number of ether oxygens (including phenoxy) is 2. The molecule has 1 aromatic heterocycles. The van der Waals surface area contributed by atoms with Gasteiger partial charge in [0.05, 0.1) is 18.7 Å². The molecule has 3 N–H and O–H groups in total. The molecular formula is C25H33N3O3. The first-order chi connectivity index (χ1) is 14.7. The summed E-state index contributed by atoms with van der Waals surface area (Å²) in [5, 5.41) is 4.03. The van der Waals surface area contributed by atoms with Crippen molar-refractivity contribution in [1.29, 1.82) is 0 Å².